The number of aliphatic hydroxyl groups excluding tert-OH is 1. The van der Waals surface area contributed by atoms with Crippen molar-refractivity contribution < 1.29 is 23.0 Å². The Kier molecular flexibility index (Phi) is 5.09. The molecule has 0 amide bonds. The zero-order valence-electron chi connectivity index (χ0n) is 18.1. The number of H-pyrrole nitrogens is 1. The zero-order chi connectivity index (χ0) is 22.9. The Morgan fingerprint density at radius 3 is 2.56 bits per heavy atom. The number of fused-ring (bicyclic) bond motifs is 2. The minimum Gasteiger partial charge on any atom is -0.497 e. The number of nitrogens with one attached hydrogen (secondary N) is 1. The highest BCUT2D eigenvalue weighted by atomic mass is 19.3. The molecule has 0 radical (unpaired) electrons. The fourth-order valence-electron chi connectivity index (χ4n) is 6.04. The van der Waals surface area contributed by atoms with Crippen molar-refractivity contribution in [2.75, 3.05) is 20.2 Å². The van der Waals surface area contributed by atoms with Crippen LogP contribution in [0.15, 0.2) is 9.59 Å². The van der Waals surface area contributed by atoms with E-state index in [0.717, 1.165) is 12.8 Å². The van der Waals surface area contributed by atoms with Crippen molar-refractivity contribution in [1.82, 2.24) is 14.5 Å². The number of aromatic nitrogens is 2. The van der Waals surface area contributed by atoms with Crippen LogP contribution < -0.4 is 21.8 Å². The Labute approximate surface area is 182 Å². The SMILES string of the molecule is COC1=c2c(=O)[nH]c(=O)n(C3CC3)c2=C(C)C(N2CC3CCCC(F)(F)C(O)C3C2)C1F. The lowest BCUT2D eigenvalue weighted by Crippen LogP contribution is -2.61. The van der Waals surface area contributed by atoms with Gasteiger partial charge in [0.05, 0.1) is 18.5 Å². The summed E-state index contributed by atoms with van der Waals surface area (Å²) in [5.74, 6) is -4.14. The van der Waals surface area contributed by atoms with Crippen molar-refractivity contribution in [2.24, 2.45) is 11.8 Å². The van der Waals surface area contributed by atoms with Crippen molar-refractivity contribution in [2.45, 2.75) is 69.3 Å². The highest BCUT2D eigenvalue weighted by Gasteiger charge is 2.53. The average Bonchev–Trinajstić information content (AvgIpc) is 3.49. The molecule has 1 aromatic rings. The van der Waals surface area contributed by atoms with Gasteiger partial charge in [-0.2, -0.15) is 0 Å². The fraction of sp³-hybridized carbons (Fsp3) is 0.727. The largest absolute Gasteiger partial charge is 0.497 e. The van der Waals surface area contributed by atoms with Gasteiger partial charge in [0.2, 0.25) is 0 Å². The minimum absolute atomic E-state index is 0.0280. The number of ether oxygens (including phenoxy) is 1. The lowest BCUT2D eigenvalue weighted by atomic mass is 9.88. The number of alkyl halides is 3. The smallest absolute Gasteiger partial charge is 0.329 e. The molecule has 5 unspecified atom stereocenters. The number of nitrogens with zero attached hydrogens (tertiary/aromatic N) is 2. The molecule has 4 aliphatic rings. The Balaban J connectivity index is 1.64. The van der Waals surface area contributed by atoms with E-state index in [1.807, 2.05) is 0 Å². The van der Waals surface area contributed by atoms with Crippen molar-refractivity contribution in [1.29, 1.82) is 0 Å². The molecule has 0 bridgehead atoms. The van der Waals surface area contributed by atoms with Crippen LogP contribution in [-0.2, 0) is 4.74 Å². The lowest BCUT2D eigenvalue weighted by molar-refractivity contribution is -0.132. The van der Waals surface area contributed by atoms with E-state index in [1.54, 1.807) is 11.8 Å². The third kappa shape index (κ3) is 3.17. The maximum atomic E-state index is 15.9. The van der Waals surface area contributed by atoms with E-state index < -0.39 is 41.4 Å². The molecule has 2 heterocycles. The predicted molar refractivity (Wildman–Crippen MR) is 110 cm³/mol. The molecule has 1 aromatic heterocycles. The van der Waals surface area contributed by atoms with Gasteiger partial charge in [-0.05, 0) is 44.1 Å². The van der Waals surface area contributed by atoms with Crippen LogP contribution >= 0.6 is 0 Å². The molecule has 7 nitrogen and oxygen atoms in total. The fourth-order valence-corrected chi connectivity index (χ4v) is 6.04. The molecule has 3 fully saturated rings. The number of likely N-dealkylation sites (tertiary alicyclic amines) is 1. The Bertz CT molecular complexity index is 1170. The average molecular weight is 455 g/mol. The predicted octanol–water partition coefficient (Wildman–Crippen LogP) is 0.245. The third-order valence-corrected chi connectivity index (χ3v) is 7.70. The highest BCUT2D eigenvalue weighted by molar-refractivity contribution is 5.61. The lowest BCUT2D eigenvalue weighted by Gasteiger charge is -2.35. The van der Waals surface area contributed by atoms with Crippen molar-refractivity contribution >= 4 is 11.3 Å². The summed E-state index contributed by atoms with van der Waals surface area (Å²) in [7, 11) is 1.29. The monoisotopic (exact) mass is 455 g/mol. The van der Waals surface area contributed by atoms with Crippen molar-refractivity contribution in [3.05, 3.63) is 31.4 Å². The molecule has 32 heavy (non-hydrogen) atoms. The number of hydrogen-bond acceptors (Lipinski definition) is 5. The van der Waals surface area contributed by atoms with Crippen LogP contribution in [0.2, 0.25) is 0 Å². The summed E-state index contributed by atoms with van der Waals surface area (Å²) in [4.78, 5) is 29.3. The van der Waals surface area contributed by atoms with Crippen LogP contribution in [0.25, 0.3) is 11.3 Å². The van der Waals surface area contributed by atoms with Gasteiger partial charge in [-0.1, -0.05) is 0 Å². The zero-order valence-corrected chi connectivity index (χ0v) is 18.1. The van der Waals surface area contributed by atoms with Gasteiger partial charge in [0.15, 0.2) is 6.17 Å². The summed E-state index contributed by atoms with van der Waals surface area (Å²) >= 11 is 0. The minimum atomic E-state index is -3.16. The van der Waals surface area contributed by atoms with Gasteiger partial charge in [0.25, 0.3) is 11.5 Å². The standard InChI is InChI=1S/C22H28F3N3O4/c1-10-16-14(20(30)26-21(31)28(16)12-5-6-12)18(32-2)15(23)17(10)27-8-11-4-3-7-22(24,25)19(29)13(11)9-27/h11-13,15,17,19,29H,3-9H2,1-2H3,(H,26,30,31). The highest BCUT2D eigenvalue weighted by Crippen LogP contribution is 2.44. The molecule has 1 aliphatic heterocycles. The first kappa shape index (κ1) is 21.8. The summed E-state index contributed by atoms with van der Waals surface area (Å²) in [6.07, 6.45) is -1.39. The Morgan fingerprint density at radius 2 is 1.91 bits per heavy atom. The molecule has 10 heteroatoms. The summed E-state index contributed by atoms with van der Waals surface area (Å²) in [5, 5.41) is 10.8. The molecule has 176 valence electrons. The summed E-state index contributed by atoms with van der Waals surface area (Å²) in [5.41, 5.74) is -0.717. The molecule has 1 saturated heterocycles. The van der Waals surface area contributed by atoms with Gasteiger partial charge in [0, 0.05) is 31.5 Å². The van der Waals surface area contributed by atoms with E-state index in [-0.39, 0.29) is 35.9 Å². The van der Waals surface area contributed by atoms with E-state index in [0.29, 0.717) is 30.3 Å². The van der Waals surface area contributed by atoms with E-state index in [2.05, 4.69) is 4.98 Å². The topological polar surface area (TPSA) is 87.6 Å². The van der Waals surface area contributed by atoms with Crippen LogP contribution in [0.5, 0.6) is 0 Å². The first-order chi connectivity index (χ1) is 15.2. The number of rotatable bonds is 3. The quantitative estimate of drug-likeness (QED) is 0.682. The second kappa shape index (κ2) is 7.48. The van der Waals surface area contributed by atoms with Crippen LogP contribution in [0.3, 0.4) is 0 Å². The van der Waals surface area contributed by atoms with Crippen molar-refractivity contribution in [3.8, 4) is 0 Å². The number of methoxy groups -OCH3 is 1. The number of halogens is 3. The molecular weight excluding hydrogens is 427 g/mol. The summed E-state index contributed by atoms with van der Waals surface area (Å²) in [6.45, 7) is 2.18. The van der Waals surface area contributed by atoms with Gasteiger partial charge in [0.1, 0.15) is 17.1 Å². The van der Waals surface area contributed by atoms with E-state index in [9.17, 15) is 23.5 Å². The molecular formula is C22H28F3N3O4. The molecule has 5 rings (SSSR count). The van der Waals surface area contributed by atoms with Gasteiger partial charge >= 0.3 is 5.69 Å². The first-order valence-electron chi connectivity index (χ1n) is 11.2. The van der Waals surface area contributed by atoms with E-state index in [4.69, 9.17) is 4.74 Å². The van der Waals surface area contributed by atoms with Gasteiger partial charge < -0.3 is 9.84 Å². The number of aliphatic hydroxyl groups is 1. The number of hydrogen-bond donors (Lipinski definition) is 2. The van der Waals surface area contributed by atoms with Crippen molar-refractivity contribution in [3.63, 3.8) is 0 Å². The van der Waals surface area contributed by atoms with Crippen LogP contribution in [0, 0.1) is 11.8 Å². The summed E-state index contributed by atoms with van der Waals surface area (Å²) in [6, 6.07) is -0.931. The molecule has 0 aromatic carbocycles. The van der Waals surface area contributed by atoms with Crippen LogP contribution in [0.4, 0.5) is 13.2 Å². The van der Waals surface area contributed by atoms with Gasteiger partial charge in [-0.3, -0.25) is 19.2 Å². The molecule has 3 aliphatic carbocycles. The summed E-state index contributed by atoms with van der Waals surface area (Å²) < 4.78 is 51.3. The maximum Gasteiger partial charge on any atom is 0.329 e. The van der Waals surface area contributed by atoms with Gasteiger partial charge in [-0.15, -0.1) is 0 Å². The molecule has 2 N–H and O–H groups in total. The third-order valence-electron chi connectivity index (χ3n) is 7.70. The Hall–Kier alpha value is -2.07. The maximum absolute atomic E-state index is 15.9. The molecule has 2 saturated carbocycles. The second-order valence-electron chi connectivity index (χ2n) is 9.66. The Morgan fingerprint density at radius 1 is 1.19 bits per heavy atom. The first-order valence-corrected chi connectivity index (χ1v) is 11.2. The van der Waals surface area contributed by atoms with Crippen LogP contribution in [-0.4, -0.2) is 64.0 Å². The van der Waals surface area contributed by atoms with Crippen LogP contribution in [0.1, 0.15) is 45.1 Å². The number of aromatic amines is 1. The van der Waals surface area contributed by atoms with Gasteiger partial charge in [-0.25, -0.2) is 18.0 Å². The second-order valence-corrected chi connectivity index (χ2v) is 9.66. The van der Waals surface area contributed by atoms with E-state index >= 15 is 4.39 Å². The molecule has 0 spiro atoms. The molecule has 5 atom stereocenters. The van der Waals surface area contributed by atoms with E-state index in [1.165, 1.54) is 11.7 Å². The normalized spacial score (nSPS) is 34.8.